The minimum absolute atomic E-state index is 0.0907. The fraction of sp³-hybridized carbons (Fsp3) is 0.273. The third-order valence-corrected chi connectivity index (χ3v) is 5.95. The van der Waals surface area contributed by atoms with E-state index in [9.17, 15) is 13.2 Å². The number of hydrogen-bond acceptors (Lipinski definition) is 8. The molecule has 8 nitrogen and oxygen atoms in total. The van der Waals surface area contributed by atoms with E-state index in [1.807, 2.05) is 64.2 Å². The predicted octanol–water partition coefficient (Wildman–Crippen LogP) is 3.50. The molecule has 1 heterocycles. The Bertz CT molecular complexity index is 1150. The Morgan fingerprint density at radius 3 is 2.41 bits per heavy atom. The predicted molar refractivity (Wildman–Crippen MR) is 125 cm³/mol. The number of ether oxygens (including phenoxy) is 2. The minimum atomic E-state index is -3.69. The van der Waals surface area contributed by atoms with Crippen LogP contribution in [0.3, 0.4) is 0 Å². The maximum atomic E-state index is 12.4. The number of nitrogens with one attached hydrogen (secondary N) is 1. The summed E-state index contributed by atoms with van der Waals surface area (Å²) in [5, 5.41) is 0.582. The molecular formula is C22H25N3O5S2. The molecule has 1 aromatic heterocycles. The smallest absolute Gasteiger partial charge is 0.284 e. The second-order valence-electron chi connectivity index (χ2n) is 7.01. The molecular weight excluding hydrogens is 450 g/mol. The van der Waals surface area contributed by atoms with E-state index < -0.39 is 15.9 Å². The number of benzene rings is 2. The van der Waals surface area contributed by atoms with Gasteiger partial charge in [0.1, 0.15) is 18.1 Å². The Labute approximate surface area is 191 Å². The summed E-state index contributed by atoms with van der Waals surface area (Å²) >= 11 is 1.32. The summed E-state index contributed by atoms with van der Waals surface area (Å²) in [4.78, 5) is 19.5. The zero-order valence-electron chi connectivity index (χ0n) is 18.1. The number of amides is 1. The van der Waals surface area contributed by atoms with Gasteiger partial charge >= 0.3 is 0 Å². The van der Waals surface area contributed by atoms with E-state index >= 15 is 0 Å². The first-order chi connectivity index (χ1) is 15.3. The van der Waals surface area contributed by atoms with Crippen molar-refractivity contribution in [3.8, 4) is 5.75 Å². The zero-order chi connectivity index (χ0) is 23.1. The van der Waals surface area contributed by atoms with E-state index in [1.54, 1.807) is 14.0 Å². The molecule has 0 fully saturated rings. The molecule has 1 N–H and O–H groups in total. The molecule has 0 saturated carbocycles. The van der Waals surface area contributed by atoms with Crippen LogP contribution in [0.15, 0.2) is 54.6 Å². The van der Waals surface area contributed by atoms with Crippen LogP contribution in [0.5, 0.6) is 5.75 Å². The van der Waals surface area contributed by atoms with E-state index in [-0.39, 0.29) is 5.69 Å². The number of aromatic nitrogens is 1. The van der Waals surface area contributed by atoms with Gasteiger partial charge in [0, 0.05) is 17.7 Å². The van der Waals surface area contributed by atoms with E-state index in [0.29, 0.717) is 35.5 Å². The molecule has 0 unspecified atom stereocenters. The number of rotatable bonds is 10. The first-order valence-electron chi connectivity index (χ1n) is 9.79. The highest BCUT2D eigenvalue weighted by Crippen LogP contribution is 2.34. The summed E-state index contributed by atoms with van der Waals surface area (Å²) in [5.74, 6) is -0.0250. The quantitative estimate of drug-likeness (QED) is 0.448. The molecule has 2 aromatic carbocycles. The normalized spacial score (nSPS) is 11.2. The molecule has 0 aliphatic carbocycles. The van der Waals surface area contributed by atoms with Crippen molar-refractivity contribution >= 4 is 38.1 Å². The van der Waals surface area contributed by atoms with Crippen molar-refractivity contribution in [1.29, 1.82) is 0 Å². The average Bonchev–Trinajstić information content (AvgIpc) is 3.14. The third kappa shape index (κ3) is 6.52. The van der Waals surface area contributed by atoms with Crippen LogP contribution in [0.25, 0.3) is 0 Å². The number of anilines is 2. The maximum absolute atomic E-state index is 12.4. The largest absolute Gasteiger partial charge is 0.491 e. The lowest BCUT2D eigenvalue weighted by molar-refractivity contribution is 0.0977. The number of methoxy groups -OCH3 is 1. The van der Waals surface area contributed by atoms with Gasteiger partial charge in [-0.05, 0) is 36.8 Å². The van der Waals surface area contributed by atoms with E-state index in [1.165, 1.54) is 11.3 Å². The molecule has 32 heavy (non-hydrogen) atoms. The van der Waals surface area contributed by atoms with Gasteiger partial charge in [-0.2, -0.15) is 0 Å². The molecule has 3 aromatic rings. The molecule has 0 atom stereocenters. The highest BCUT2D eigenvalue weighted by molar-refractivity contribution is 7.89. The van der Waals surface area contributed by atoms with Crippen molar-refractivity contribution in [1.82, 2.24) is 9.71 Å². The molecule has 3 rings (SSSR count). The molecule has 0 aliphatic rings. The highest BCUT2D eigenvalue weighted by Gasteiger charge is 2.22. The van der Waals surface area contributed by atoms with Gasteiger partial charge in [-0.15, -0.1) is 11.3 Å². The van der Waals surface area contributed by atoms with E-state index in [2.05, 4.69) is 4.98 Å². The van der Waals surface area contributed by atoms with Gasteiger partial charge in [0.15, 0.2) is 5.13 Å². The van der Waals surface area contributed by atoms with E-state index in [0.717, 1.165) is 17.5 Å². The van der Waals surface area contributed by atoms with Gasteiger partial charge in [0.05, 0.1) is 19.4 Å². The second kappa shape index (κ2) is 10.6. The van der Waals surface area contributed by atoms with Crippen molar-refractivity contribution in [3.05, 3.63) is 70.7 Å². The number of thiazole rings is 1. The van der Waals surface area contributed by atoms with Gasteiger partial charge in [-0.3, -0.25) is 4.79 Å². The molecule has 170 valence electrons. The van der Waals surface area contributed by atoms with Crippen LogP contribution in [0, 0.1) is 6.92 Å². The van der Waals surface area contributed by atoms with Crippen molar-refractivity contribution in [2.24, 2.45) is 0 Å². The highest BCUT2D eigenvalue weighted by atomic mass is 32.2. The topological polar surface area (TPSA) is 97.8 Å². The fourth-order valence-electron chi connectivity index (χ4n) is 2.93. The monoisotopic (exact) mass is 475 g/mol. The van der Waals surface area contributed by atoms with Crippen LogP contribution in [0.4, 0.5) is 10.8 Å². The molecule has 10 heteroatoms. The summed E-state index contributed by atoms with van der Waals surface area (Å²) in [6, 6.07) is 17.4. The second-order valence-corrected chi connectivity index (χ2v) is 9.94. The molecule has 0 saturated heterocycles. The Kier molecular flexibility index (Phi) is 7.84. The fourth-order valence-corrected chi connectivity index (χ4v) is 4.29. The Morgan fingerprint density at radius 1 is 1.09 bits per heavy atom. The first-order valence-corrected chi connectivity index (χ1v) is 12.5. The Morgan fingerprint density at radius 2 is 1.78 bits per heavy atom. The van der Waals surface area contributed by atoms with Gasteiger partial charge in [0.2, 0.25) is 10.0 Å². The molecule has 0 spiro atoms. The van der Waals surface area contributed by atoms with Crippen molar-refractivity contribution < 1.29 is 22.7 Å². The van der Waals surface area contributed by atoms with Crippen molar-refractivity contribution in [3.63, 3.8) is 0 Å². The lowest BCUT2D eigenvalue weighted by Crippen LogP contribution is -2.30. The Hall–Kier alpha value is -2.95. The minimum Gasteiger partial charge on any atom is -0.491 e. The van der Waals surface area contributed by atoms with Crippen LogP contribution in [-0.4, -0.2) is 45.9 Å². The zero-order valence-corrected chi connectivity index (χ0v) is 19.7. The standard InChI is InChI=1S/C22H25N3O5S2/c1-16-20(21(26)24-32(3,27)28)23-22(31-16)25(15-17-7-5-4-6-8-17)18-9-11-19(12-10-18)30-14-13-29-2/h4-12H,13-15H2,1-3H3,(H,24,26). The summed E-state index contributed by atoms with van der Waals surface area (Å²) in [5.41, 5.74) is 2.01. The van der Waals surface area contributed by atoms with Crippen LogP contribution < -0.4 is 14.4 Å². The number of sulfonamides is 1. The van der Waals surface area contributed by atoms with Crippen molar-refractivity contribution in [2.75, 3.05) is 31.5 Å². The number of carbonyl (C=O) groups is 1. The van der Waals surface area contributed by atoms with Crippen LogP contribution >= 0.6 is 11.3 Å². The SMILES string of the molecule is COCCOc1ccc(N(Cc2ccccc2)c2nc(C(=O)NS(C)(=O)=O)c(C)s2)cc1. The average molecular weight is 476 g/mol. The van der Waals surface area contributed by atoms with Gasteiger partial charge < -0.3 is 14.4 Å². The first kappa shape index (κ1) is 23.7. The number of aryl methyl sites for hydroxylation is 1. The maximum Gasteiger partial charge on any atom is 0.284 e. The van der Waals surface area contributed by atoms with Gasteiger partial charge in [-0.1, -0.05) is 30.3 Å². The number of hydrogen-bond donors (Lipinski definition) is 1. The lowest BCUT2D eigenvalue weighted by atomic mass is 10.2. The molecule has 0 bridgehead atoms. The molecule has 0 aliphatic heterocycles. The summed E-state index contributed by atoms with van der Waals surface area (Å²) in [6.07, 6.45) is 0.936. The lowest BCUT2D eigenvalue weighted by Gasteiger charge is -2.22. The van der Waals surface area contributed by atoms with Gasteiger partial charge in [0.25, 0.3) is 5.91 Å². The van der Waals surface area contributed by atoms with Crippen LogP contribution in [0.2, 0.25) is 0 Å². The Balaban J connectivity index is 1.92. The van der Waals surface area contributed by atoms with E-state index in [4.69, 9.17) is 9.47 Å². The van der Waals surface area contributed by atoms with Crippen LogP contribution in [-0.2, 0) is 21.3 Å². The van der Waals surface area contributed by atoms with Gasteiger partial charge in [-0.25, -0.2) is 18.1 Å². The van der Waals surface area contributed by atoms with Crippen molar-refractivity contribution in [2.45, 2.75) is 13.5 Å². The summed E-state index contributed by atoms with van der Waals surface area (Å²) in [6.45, 7) is 3.21. The summed E-state index contributed by atoms with van der Waals surface area (Å²) < 4.78 is 35.6. The van der Waals surface area contributed by atoms with Crippen LogP contribution in [0.1, 0.15) is 20.9 Å². The summed E-state index contributed by atoms with van der Waals surface area (Å²) in [7, 11) is -2.07. The molecule has 1 amide bonds. The molecule has 0 radical (unpaired) electrons. The number of carbonyl (C=O) groups excluding carboxylic acids is 1. The number of nitrogens with zero attached hydrogens (tertiary/aromatic N) is 2. The third-order valence-electron chi connectivity index (χ3n) is 4.40.